The van der Waals surface area contributed by atoms with E-state index in [1.54, 1.807) is 0 Å². The van der Waals surface area contributed by atoms with Crippen molar-refractivity contribution in [3.05, 3.63) is 0 Å². The average Bonchev–Trinajstić information content (AvgIpc) is 3.16. The highest BCUT2D eigenvalue weighted by Crippen LogP contribution is 2.68. The number of hydrogen-bond acceptors (Lipinski definition) is 5. The molecule has 0 aromatic heterocycles. The molecule has 1 amide bonds. The molecule has 0 bridgehead atoms. The lowest BCUT2D eigenvalue weighted by molar-refractivity contribution is -0.183. The van der Waals surface area contributed by atoms with E-state index in [0.29, 0.717) is 24.2 Å². The van der Waals surface area contributed by atoms with E-state index in [4.69, 9.17) is 4.74 Å². The number of hydrogen-bond donors (Lipinski definition) is 1. The molecule has 38 heavy (non-hydrogen) atoms. The number of rotatable bonds is 8. The molecule has 0 aromatic rings. The monoisotopic (exact) mass is 530 g/mol. The van der Waals surface area contributed by atoms with Crippen molar-refractivity contribution < 1.29 is 19.1 Å². The number of ether oxygens (including phenoxy) is 1. The average molecular weight is 531 g/mol. The third-order valence-electron chi connectivity index (χ3n) is 11.8. The Bertz CT molecular complexity index is 930. The van der Waals surface area contributed by atoms with Crippen molar-refractivity contribution in [1.29, 1.82) is 0 Å². The van der Waals surface area contributed by atoms with Crippen LogP contribution in [0.4, 0.5) is 0 Å². The van der Waals surface area contributed by atoms with E-state index in [9.17, 15) is 14.4 Å². The summed E-state index contributed by atoms with van der Waals surface area (Å²) in [5.41, 5.74) is -0.771. The molecule has 4 aliphatic rings. The minimum Gasteiger partial charge on any atom is -0.459 e. The van der Waals surface area contributed by atoms with E-state index in [-0.39, 0.29) is 35.0 Å². The second-order valence-corrected chi connectivity index (χ2v) is 15.2. The summed E-state index contributed by atoms with van der Waals surface area (Å²) < 4.78 is 6.20. The number of nitrogens with one attached hydrogen (secondary N) is 1. The number of likely N-dealkylation sites (N-methyl/N-ethyl adjacent to an activating group) is 1. The Morgan fingerprint density at radius 2 is 1.61 bits per heavy atom. The zero-order valence-electron chi connectivity index (χ0n) is 25.5. The van der Waals surface area contributed by atoms with Crippen LogP contribution in [0.1, 0.15) is 106 Å². The van der Waals surface area contributed by atoms with E-state index in [2.05, 4.69) is 26.1 Å². The van der Waals surface area contributed by atoms with Gasteiger partial charge in [-0.2, -0.15) is 0 Å². The third kappa shape index (κ3) is 5.45. The maximum Gasteiger partial charge on any atom is 0.307 e. The molecular weight excluding hydrogens is 476 g/mol. The predicted molar refractivity (Wildman–Crippen MR) is 150 cm³/mol. The molecule has 4 aliphatic carbocycles. The summed E-state index contributed by atoms with van der Waals surface area (Å²) in [6, 6.07) is 0. The second kappa shape index (κ2) is 10.5. The third-order valence-corrected chi connectivity index (χ3v) is 11.8. The lowest BCUT2D eigenvalue weighted by atomic mass is 9.44. The van der Waals surface area contributed by atoms with Crippen molar-refractivity contribution in [1.82, 2.24) is 10.2 Å². The highest BCUT2D eigenvalue weighted by molar-refractivity contribution is 5.86. The number of Topliss-reactive ketones (excluding diaryl/α,β-unsaturated/α-hetero) is 1. The molecule has 8 atom stereocenters. The fourth-order valence-electron chi connectivity index (χ4n) is 9.56. The molecule has 6 nitrogen and oxygen atoms in total. The number of fused-ring (bicyclic) bond motifs is 5. The van der Waals surface area contributed by atoms with E-state index in [1.165, 1.54) is 32.1 Å². The Morgan fingerprint density at radius 1 is 0.921 bits per heavy atom. The van der Waals surface area contributed by atoms with Crippen LogP contribution in [0.25, 0.3) is 0 Å². The molecule has 4 saturated carbocycles. The Morgan fingerprint density at radius 3 is 2.26 bits per heavy atom. The van der Waals surface area contributed by atoms with Gasteiger partial charge in [-0.3, -0.25) is 14.4 Å². The first-order chi connectivity index (χ1) is 17.6. The van der Waals surface area contributed by atoms with Gasteiger partial charge in [-0.1, -0.05) is 27.7 Å². The van der Waals surface area contributed by atoms with Crippen molar-refractivity contribution in [2.24, 2.45) is 45.8 Å². The van der Waals surface area contributed by atoms with Crippen LogP contribution in [-0.2, 0) is 19.1 Å². The van der Waals surface area contributed by atoms with Crippen molar-refractivity contribution in [2.75, 3.05) is 27.2 Å². The van der Waals surface area contributed by atoms with Gasteiger partial charge in [0, 0.05) is 19.0 Å². The van der Waals surface area contributed by atoms with Crippen LogP contribution in [0.3, 0.4) is 0 Å². The fraction of sp³-hybridized carbons (Fsp3) is 0.906. The van der Waals surface area contributed by atoms with Crippen LogP contribution >= 0.6 is 0 Å². The number of esters is 1. The first-order valence-electron chi connectivity index (χ1n) is 15.3. The minimum atomic E-state index is -0.797. The van der Waals surface area contributed by atoms with Crippen LogP contribution in [0.5, 0.6) is 0 Å². The minimum absolute atomic E-state index is 0.0978. The maximum atomic E-state index is 13.1. The van der Waals surface area contributed by atoms with Gasteiger partial charge in [0.2, 0.25) is 5.91 Å². The van der Waals surface area contributed by atoms with Gasteiger partial charge in [0.25, 0.3) is 0 Å². The highest BCUT2D eigenvalue weighted by Gasteiger charge is 2.62. The summed E-state index contributed by atoms with van der Waals surface area (Å²) in [6.45, 7) is 13.9. The number of carbonyl (C=O) groups excluding carboxylic acids is 3. The van der Waals surface area contributed by atoms with Gasteiger partial charge in [0.05, 0.1) is 11.8 Å². The van der Waals surface area contributed by atoms with E-state index < -0.39 is 11.0 Å². The smallest absolute Gasteiger partial charge is 0.307 e. The highest BCUT2D eigenvalue weighted by atomic mass is 16.6. The van der Waals surface area contributed by atoms with Crippen molar-refractivity contribution in [2.45, 2.75) is 111 Å². The van der Waals surface area contributed by atoms with Crippen LogP contribution in [0.2, 0.25) is 0 Å². The molecule has 216 valence electrons. The van der Waals surface area contributed by atoms with Gasteiger partial charge in [0.15, 0.2) is 0 Å². The van der Waals surface area contributed by atoms with Crippen molar-refractivity contribution >= 4 is 17.7 Å². The second-order valence-electron chi connectivity index (χ2n) is 15.2. The summed E-state index contributed by atoms with van der Waals surface area (Å²) in [7, 11) is 3.95. The molecule has 0 heterocycles. The van der Waals surface area contributed by atoms with Gasteiger partial charge in [-0.15, -0.1) is 0 Å². The lowest BCUT2D eigenvalue weighted by Gasteiger charge is -2.62. The molecule has 0 aliphatic heterocycles. The molecule has 4 fully saturated rings. The van der Waals surface area contributed by atoms with Gasteiger partial charge < -0.3 is 15.0 Å². The Kier molecular flexibility index (Phi) is 8.18. The molecule has 1 N–H and O–H groups in total. The van der Waals surface area contributed by atoms with E-state index >= 15 is 0 Å². The molecular formula is C32H54N2O4. The molecule has 0 unspecified atom stereocenters. The van der Waals surface area contributed by atoms with E-state index in [0.717, 1.165) is 44.1 Å². The van der Waals surface area contributed by atoms with Crippen LogP contribution < -0.4 is 5.32 Å². The SMILES string of the molecule is CC(=O)[C@H]1CC[C@H]2[C@@H]3CC[C@H]4C[C@](C)(OC(=O)CC(C)(C)C(=O)NCCN(C)C)CC[C@]4(C)[C@H]3CC[C@]12C. The van der Waals surface area contributed by atoms with Gasteiger partial charge in [-0.25, -0.2) is 0 Å². The van der Waals surface area contributed by atoms with Crippen LogP contribution in [0, 0.1) is 45.8 Å². The quantitative estimate of drug-likeness (QED) is 0.412. The van der Waals surface area contributed by atoms with E-state index in [1.807, 2.05) is 39.8 Å². The normalized spacial score (nSPS) is 40.6. The summed E-state index contributed by atoms with van der Waals surface area (Å²) in [6.07, 6.45) is 10.2. The number of nitrogens with zero attached hydrogens (tertiary/aromatic N) is 1. The Hall–Kier alpha value is -1.43. The first-order valence-corrected chi connectivity index (χ1v) is 15.3. The van der Waals surface area contributed by atoms with Crippen molar-refractivity contribution in [3.8, 4) is 0 Å². The first kappa shape index (κ1) is 29.6. The topological polar surface area (TPSA) is 75.7 Å². The zero-order valence-corrected chi connectivity index (χ0v) is 25.5. The summed E-state index contributed by atoms with van der Waals surface area (Å²) in [4.78, 5) is 40.3. The standard InChI is InChI=1S/C32H54N2O4/c1-21(35)24-11-12-25-23-10-9-22-19-30(4,15-16-31(22,5)26(23)13-14-32(24,25)6)38-27(36)20-29(2,3)28(37)33-17-18-34(7)8/h22-26H,9-20H2,1-8H3,(H,33,37)/t22-,23-,24+,25-,26-,30+,31-,32+/m0/s1. The van der Waals surface area contributed by atoms with Gasteiger partial charge >= 0.3 is 5.97 Å². The number of carbonyl (C=O) groups is 3. The number of amides is 1. The van der Waals surface area contributed by atoms with Gasteiger partial charge in [0.1, 0.15) is 11.4 Å². The fourth-order valence-corrected chi connectivity index (χ4v) is 9.56. The molecule has 0 radical (unpaired) electrons. The molecule has 0 aromatic carbocycles. The Labute approximate surface area is 231 Å². The van der Waals surface area contributed by atoms with Crippen LogP contribution in [-0.4, -0.2) is 55.3 Å². The predicted octanol–water partition coefficient (Wildman–Crippen LogP) is 5.63. The lowest BCUT2D eigenvalue weighted by Crippen LogP contribution is -2.56. The number of ketones is 1. The Balaban J connectivity index is 1.37. The molecule has 4 rings (SSSR count). The summed E-state index contributed by atoms with van der Waals surface area (Å²) >= 11 is 0. The molecule has 6 heteroatoms. The molecule has 0 spiro atoms. The molecule has 0 saturated heterocycles. The zero-order chi connectivity index (χ0) is 28.1. The largest absolute Gasteiger partial charge is 0.459 e. The van der Waals surface area contributed by atoms with Crippen molar-refractivity contribution in [3.63, 3.8) is 0 Å². The summed E-state index contributed by atoms with van der Waals surface area (Å²) in [5.74, 6) is 3.00. The van der Waals surface area contributed by atoms with Crippen LogP contribution in [0.15, 0.2) is 0 Å². The maximum absolute atomic E-state index is 13.1. The summed E-state index contributed by atoms with van der Waals surface area (Å²) in [5, 5.41) is 2.96. The van der Waals surface area contributed by atoms with Gasteiger partial charge in [-0.05, 0) is 120 Å².